The first-order chi connectivity index (χ1) is 8.70. The molecular weight excluding hydrogens is 365 g/mol. The zero-order valence-electron chi connectivity index (χ0n) is 9.35. The van der Waals surface area contributed by atoms with Crippen LogP contribution in [0.3, 0.4) is 0 Å². The molecule has 2 aromatic heterocycles. The van der Waals surface area contributed by atoms with Gasteiger partial charge in [0, 0.05) is 11.8 Å². The molecule has 1 N–H and O–H groups in total. The highest BCUT2D eigenvalue weighted by Crippen LogP contribution is 2.31. The number of halogens is 1. The first-order valence-electron chi connectivity index (χ1n) is 5.58. The van der Waals surface area contributed by atoms with Crippen molar-refractivity contribution in [2.24, 2.45) is 5.92 Å². The molecule has 0 radical (unpaired) electrons. The largest absolute Gasteiger partial charge is 0.328 e. The summed E-state index contributed by atoms with van der Waals surface area (Å²) in [6.45, 7) is 0. The van der Waals surface area contributed by atoms with Gasteiger partial charge in [-0.2, -0.15) is 4.98 Å². The van der Waals surface area contributed by atoms with E-state index in [4.69, 9.17) is 4.52 Å². The van der Waals surface area contributed by atoms with Gasteiger partial charge >= 0.3 is 6.01 Å². The molecule has 0 bridgehead atoms. The fourth-order valence-electron chi connectivity index (χ4n) is 1.57. The molecule has 0 unspecified atom stereocenters. The maximum atomic E-state index is 11.8. The molecule has 7 heteroatoms. The van der Waals surface area contributed by atoms with E-state index in [0.29, 0.717) is 17.3 Å². The highest BCUT2D eigenvalue weighted by Gasteiger charge is 2.24. The Morgan fingerprint density at radius 2 is 2.44 bits per heavy atom. The molecule has 2 aromatic rings. The number of hydrogen-bond acceptors (Lipinski definition) is 5. The van der Waals surface area contributed by atoms with Crippen LogP contribution in [0.1, 0.15) is 29.0 Å². The van der Waals surface area contributed by atoms with Crippen molar-refractivity contribution in [3.05, 3.63) is 25.7 Å². The van der Waals surface area contributed by atoms with Gasteiger partial charge in [0.25, 0.3) is 5.91 Å². The minimum absolute atomic E-state index is 0.178. The first-order valence-corrected chi connectivity index (χ1v) is 7.54. The molecule has 5 nitrogen and oxygen atoms in total. The Hall–Kier alpha value is -0.960. The normalized spacial score (nSPS) is 14.7. The Labute approximate surface area is 121 Å². The Balaban J connectivity index is 1.64. The summed E-state index contributed by atoms with van der Waals surface area (Å²) < 4.78 is 6.07. The van der Waals surface area contributed by atoms with Crippen molar-refractivity contribution in [1.82, 2.24) is 10.1 Å². The van der Waals surface area contributed by atoms with Crippen LogP contribution in [0, 0.1) is 8.80 Å². The number of nitrogens with one attached hydrogen (secondary N) is 1. The van der Waals surface area contributed by atoms with Crippen molar-refractivity contribution in [3.63, 3.8) is 0 Å². The van der Waals surface area contributed by atoms with Crippen molar-refractivity contribution in [1.29, 1.82) is 0 Å². The number of thiophene rings is 1. The quantitative estimate of drug-likeness (QED) is 0.835. The van der Waals surface area contributed by atoms with Gasteiger partial charge < -0.3 is 4.52 Å². The molecule has 94 valence electrons. The average molecular weight is 375 g/mol. The van der Waals surface area contributed by atoms with Crippen LogP contribution in [0.4, 0.5) is 6.01 Å². The van der Waals surface area contributed by atoms with Gasteiger partial charge in [-0.25, -0.2) is 0 Å². The summed E-state index contributed by atoms with van der Waals surface area (Å²) in [5, 5.41) is 8.26. The molecule has 0 saturated heterocycles. The van der Waals surface area contributed by atoms with Crippen LogP contribution in [0.5, 0.6) is 0 Å². The molecule has 1 aliphatic rings. The van der Waals surface area contributed by atoms with Gasteiger partial charge in [-0.3, -0.25) is 10.1 Å². The lowest BCUT2D eigenvalue weighted by Crippen LogP contribution is -2.11. The maximum Gasteiger partial charge on any atom is 0.328 e. The second-order valence-corrected chi connectivity index (χ2v) is 7.06. The number of carbonyl (C=O) groups excluding carboxylic acids is 1. The maximum absolute atomic E-state index is 11.8. The molecule has 1 fully saturated rings. The highest BCUT2D eigenvalue weighted by atomic mass is 127. The molecule has 2 heterocycles. The molecule has 0 atom stereocenters. The molecule has 18 heavy (non-hydrogen) atoms. The molecule has 1 amide bonds. The first kappa shape index (κ1) is 12.1. The van der Waals surface area contributed by atoms with E-state index in [1.165, 1.54) is 24.2 Å². The van der Waals surface area contributed by atoms with Gasteiger partial charge in [0.1, 0.15) is 0 Å². The van der Waals surface area contributed by atoms with Gasteiger partial charge in [0.05, 0.1) is 8.45 Å². The third kappa shape index (κ3) is 2.89. The third-order valence-electron chi connectivity index (χ3n) is 2.69. The summed E-state index contributed by atoms with van der Waals surface area (Å²) in [6, 6.07) is 2.00. The Bertz CT molecular complexity index is 576. The fourth-order valence-corrected chi connectivity index (χ4v) is 2.89. The van der Waals surface area contributed by atoms with Gasteiger partial charge in [-0.05, 0) is 47.4 Å². The standard InChI is InChI=1S/C11H10IN3O2S/c12-8-4-7(5-18-8)10(16)14-11-13-9(15-17-11)3-6-1-2-6/h4-6H,1-3H2,(H,13,14,15,16). The lowest BCUT2D eigenvalue weighted by Gasteiger charge is -1.95. The molecule has 0 spiro atoms. The number of amides is 1. The summed E-state index contributed by atoms with van der Waals surface area (Å²) in [6.07, 6.45) is 3.32. The smallest absolute Gasteiger partial charge is 0.315 e. The van der Waals surface area contributed by atoms with Crippen LogP contribution in [-0.2, 0) is 6.42 Å². The second-order valence-electron chi connectivity index (χ2n) is 4.26. The highest BCUT2D eigenvalue weighted by molar-refractivity contribution is 14.1. The van der Waals surface area contributed by atoms with Crippen LogP contribution in [0.15, 0.2) is 16.0 Å². The van der Waals surface area contributed by atoms with E-state index in [1.807, 2.05) is 6.07 Å². The lowest BCUT2D eigenvalue weighted by atomic mass is 10.3. The van der Waals surface area contributed by atoms with Crippen molar-refractivity contribution in [2.45, 2.75) is 19.3 Å². The number of aromatic nitrogens is 2. The van der Waals surface area contributed by atoms with E-state index in [9.17, 15) is 4.79 Å². The van der Waals surface area contributed by atoms with Crippen molar-refractivity contribution in [2.75, 3.05) is 5.32 Å². The minimum Gasteiger partial charge on any atom is -0.315 e. The zero-order valence-corrected chi connectivity index (χ0v) is 12.3. The summed E-state index contributed by atoms with van der Waals surface area (Å²) in [4.78, 5) is 16.0. The molecule has 0 aliphatic heterocycles. The average Bonchev–Trinajstić information content (AvgIpc) is 2.85. The van der Waals surface area contributed by atoms with Crippen LogP contribution in [0.25, 0.3) is 0 Å². The van der Waals surface area contributed by atoms with Crippen LogP contribution >= 0.6 is 33.9 Å². The van der Waals surface area contributed by atoms with Crippen molar-refractivity contribution < 1.29 is 9.32 Å². The van der Waals surface area contributed by atoms with Crippen LogP contribution in [-0.4, -0.2) is 16.0 Å². The predicted molar refractivity (Wildman–Crippen MR) is 75.7 cm³/mol. The minimum atomic E-state index is -0.212. The van der Waals surface area contributed by atoms with Gasteiger partial charge in [0.15, 0.2) is 5.82 Å². The van der Waals surface area contributed by atoms with Gasteiger partial charge in [0.2, 0.25) is 0 Å². The SMILES string of the molecule is O=C(Nc1nc(CC2CC2)no1)c1csc(I)c1. The van der Waals surface area contributed by atoms with E-state index in [-0.39, 0.29) is 11.9 Å². The van der Waals surface area contributed by atoms with E-state index >= 15 is 0 Å². The topological polar surface area (TPSA) is 68.0 Å². The summed E-state index contributed by atoms with van der Waals surface area (Å²) in [7, 11) is 0. The summed E-state index contributed by atoms with van der Waals surface area (Å²) in [5.41, 5.74) is 0.617. The van der Waals surface area contributed by atoms with Crippen molar-refractivity contribution >= 4 is 45.8 Å². The van der Waals surface area contributed by atoms with E-state index in [1.54, 1.807) is 5.38 Å². The Morgan fingerprint density at radius 1 is 1.61 bits per heavy atom. The third-order valence-corrected chi connectivity index (χ3v) is 4.48. The summed E-state index contributed by atoms with van der Waals surface area (Å²) >= 11 is 3.70. The molecule has 0 aromatic carbocycles. The molecule has 3 rings (SSSR count). The van der Waals surface area contributed by atoms with Crippen molar-refractivity contribution in [3.8, 4) is 0 Å². The number of nitrogens with zero attached hydrogens (tertiary/aromatic N) is 2. The number of rotatable bonds is 4. The Kier molecular flexibility index (Phi) is 3.33. The summed E-state index contributed by atoms with van der Waals surface area (Å²) in [5.74, 6) is 1.16. The van der Waals surface area contributed by atoms with E-state index in [2.05, 4.69) is 38.0 Å². The van der Waals surface area contributed by atoms with Gasteiger partial charge in [-0.15, -0.1) is 11.3 Å². The zero-order chi connectivity index (χ0) is 12.5. The number of carbonyl (C=O) groups is 1. The predicted octanol–water partition coefficient (Wildman–Crippen LogP) is 2.94. The van der Waals surface area contributed by atoms with Gasteiger partial charge in [-0.1, -0.05) is 5.16 Å². The molecule has 1 saturated carbocycles. The Morgan fingerprint density at radius 3 is 3.11 bits per heavy atom. The second kappa shape index (κ2) is 4.96. The van der Waals surface area contributed by atoms with E-state index in [0.717, 1.165) is 9.30 Å². The number of anilines is 1. The van der Waals surface area contributed by atoms with Crippen LogP contribution in [0.2, 0.25) is 0 Å². The molecule has 1 aliphatic carbocycles. The number of hydrogen-bond donors (Lipinski definition) is 1. The van der Waals surface area contributed by atoms with Crippen LogP contribution < -0.4 is 5.32 Å². The fraction of sp³-hybridized carbons (Fsp3) is 0.364. The lowest BCUT2D eigenvalue weighted by molar-refractivity contribution is 0.102. The molecular formula is C11H10IN3O2S. The van der Waals surface area contributed by atoms with E-state index < -0.39 is 0 Å². The monoisotopic (exact) mass is 375 g/mol.